The van der Waals surface area contributed by atoms with E-state index >= 15 is 0 Å². The van der Waals surface area contributed by atoms with Crippen LogP contribution in [-0.2, 0) is 0 Å². The smallest absolute Gasteiger partial charge is 0.342 e. The van der Waals surface area contributed by atoms with E-state index in [4.69, 9.17) is 10.5 Å². The summed E-state index contributed by atoms with van der Waals surface area (Å²) in [7, 11) is 0. The molecule has 19 heavy (non-hydrogen) atoms. The van der Waals surface area contributed by atoms with Crippen molar-refractivity contribution in [3.63, 3.8) is 0 Å². The van der Waals surface area contributed by atoms with Gasteiger partial charge < -0.3 is 10.5 Å². The van der Waals surface area contributed by atoms with Crippen molar-refractivity contribution in [3.8, 4) is 17.6 Å². The number of aromatic nitrogens is 5. The van der Waals surface area contributed by atoms with Crippen LogP contribution in [0.1, 0.15) is 0 Å². The SMILES string of the molecule is Nc1ccc(Oc2ncn(-c3ccccc3)n2)nn1. The second-order valence-corrected chi connectivity index (χ2v) is 3.71. The van der Waals surface area contributed by atoms with Gasteiger partial charge in [0, 0.05) is 6.07 Å². The molecule has 2 aromatic heterocycles. The fourth-order valence-corrected chi connectivity index (χ4v) is 1.48. The van der Waals surface area contributed by atoms with E-state index in [0.717, 1.165) is 5.69 Å². The van der Waals surface area contributed by atoms with Crippen LogP contribution in [0.2, 0.25) is 0 Å². The minimum absolute atomic E-state index is 0.197. The molecule has 3 rings (SSSR count). The van der Waals surface area contributed by atoms with Crippen molar-refractivity contribution in [2.24, 2.45) is 0 Å². The maximum atomic E-state index is 5.44. The average molecular weight is 254 g/mol. The first-order valence-corrected chi connectivity index (χ1v) is 5.55. The summed E-state index contributed by atoms with van der Waals surface area (Å²) < 4.78 is 6.97. The summed E-state index contributed by atoms with van der Waals surface area (Å²) in [6, 6.07) is 13.0. The fourth-order valence-electron chi connectivity index (χ4n) is 1.48. The molecule has 1 aromatic carbocycles. The van der Waals surface area contributed by atoms with Crippen LogP contribution < -0.4 is 10.5 Å². The lowest BCUT2D eigenvalue weighted by Crippen LogP contribution is -1.97. The molecule has 0 saturated carbocycles. The summed E-state index contributed by atoms with van der Waals surface area (Å²) in [6.07, 6.45) is 1.56. The third-order valence-electron chi connectivity index (χ3n) is 2.35. The van der Waals surface area contributed by atoms with E-state index in [9.17, 15) is 0 Å². The van der Waals surface area contributed by atoms with Crippen LogP contribution in [0, 0.1) is 0 Å². The monoisotopic (exact) mass is 254 g/mol. The first kappa shape index (κ1) is 11.1. The highest BCUT2D eigenvalue weighted by Gasteiger charge is 2.06. The van der Waals surface area contributed by atoms with E-state index in [1.807, 2.05) is 30.3 Å². The van der Waals surface area contributed by atoms with Crippen LogP contribution in [0.5, 0.6) is 11.9 Å². The molecular weight excluding hydrogens is 244 g/mol. The average Bonchev–Trinajstić information content (AvgIpc) is 2.91. The number of anilines is 1. The van der Waals surface area contributed by atoms with Crippen LogP contribution in [0.15, 0.2) is 48.8 Å². The Morgan fingerprint density at radius 2 is 1.84 bits per heavy atom. The minimum Gasteiger partial charge on any atom is -0.402 e. The summed E-state index contributed by atoms with van der Waals surface area (Å²) in [4.78, 5) is 4.04. The molecule has 0 aliphatic heterocycles. The molecule has 0 atom stereocenters. The lowest BCUT2D eigenvalue weighted by atomic mass is 10.3. The van der Waals surface area contributed by atoms with Crippen molar-refractivity contribution >= 4 is 5.82 Å². The molecule has 0 aliphatic carbocycles. The van der Waals surface area contributed by atoms with Crippen LogP contribution >= 0.6 is 0 Å². The third-order valence-corrected chi connectivity index (χ3v) is 2.35. The number of rotatable bonds is 3. The van der Waals surface area contributed by atoms with Crippen molar-refractivity contribution in [3.05, 3.63) is 48.8 Å². The molecule has 2 N–H and O–H groups in total. The maximum absolute atomic E-state index is 5.44. The van der Waals surface area contributed by atoms with Gasteiger partial charge in [0.15, 0.2) is 0 Å². The highest BCUT2D eigenvalue weighted by atomic mass is 16.5. The van der Waals surface area contributed by atoms with Gasteiger partial charge in [-0.15, -0.1) is 15.3 Å². The molecule has 2 heterocycles. The van der Waals surface area contributed by atoms with Gasteiger partial charge in [0.2, 0.25) is 5.88 Å². The molecule has 0 amide bonds. The molecule has 0 unspecified atom stereocenters. The molecule has 3 aromatic rings. The minimum atomic E-state index is 0.197. The molecule has 7 nitrogen and oxygen atoms in total. The van der Waals surface area contributed by atoms with Gasteiger partial charge in [0.25, 0.3) is 0 Å². The molecule has 94 valence electrons. The Bertz CT molecular complexity index is 664. The number of nitrogens with zero attached hydrogens (tertiary/aromatic N) is 5. The molecule has 0 bridgehead atoms. The van der Waals surface area contributed by atoms with Gasteiger partial charge in [0.1, 0.15) is 12.1 Å². The van der Waals surface area contributed by atoms with Crippen molar-refractivity contribution in [2.75, 3.05) is 5.73 Å². The lowest BCUT2D eigenvalue weighted by Gasteiger charge is -1.99. The van der Waals surface area contributed by atoms with E-state index in [1.54, 1.807) is 23.1 Å². The summed E-state index contributed by atoms with van der Waals surface area (Å²) >= 11 is 0. The van der Waals surface area contributed by atoms with Crippen molar-refractivity contribution in [1.82, 2.24) is 25.0 Å². The van der Waals surface area contributed by atoms with Gasteiger partial charge in [0.05, 0.1) is 5.69 Å². The lowest BCUT2D eigenvalue weighted by molar-refractivity contribution is 0.419. The maximum Gasteiger partial charge on any atom is 0.342 e. The van der Waals surface area contributed by atoms with Crippen LogP contribution in [0.3, 0.4) is 0 Å². The predicted molar refractivity (Wildman–Crippen MR) is 67.9 cm³/mol. The first-order valence-electron chi connectivity index (χ1n) is 5.55. The Labute approximate surface area is 108 Å². The number of nitrogen functional groups attached to an aromatic ring is 1. The quantitative estimate of drug-likeness (QED) is 0.760. The van der Waals surface area contributed by atoms with Gasteiger partial charge >= 0.3 is 6.01 Å². The Kier molecular flexibility index (Phi) is 2.77. The Balaban J connectivity index is 1.80. The number of hydrogen-bond donors (Lipinski definition) is 1. The van der Waals surface area contributed by atoms with Crippen LogP contribution in [0.4, 0.5) is 5.82 Å². The molecule has 0 saturated heterocycles. The van der Waals surface area contributed by atoms with E-state index in [2.05, 4.69) is 20.3 Å². The number of hydrogen-bond acceptors (Lipinski definition) is 6. The molecule has 0 aliphatic rings. The number of benzene rings is 1. The zero-order chi connectivity index (χ0) is 13.1. The molecule has 7 heteroatoms. The van der Waals surface area contributed by atoms with E-state index in [0.29, 0.717) is 11.7 Å². The van der Waals surface area contributed by atoms with Gasteiger partial charge in [-0.25, -0.2) is 4.68 Å². The summed E-state index contributed by atoms with van der Waals surface area (Å²) in [6.45, 7) is 0. The van der Waals surface area contributed by atoms with E-state index < -0.39 is 0 Å². The second kappa shape index (κ2) is 4.73. The summed E-state index contributed by atoms with van der Waals surface area (Å²) in [5, 5.41) is 11.6. The normalized spacial score (nSPS) is 10.3. The number of nitrogens with two attached hydrogens (primary N) is 1. The van der Waals surface area contributed by atoms with Gasteiger partial charge in [-0.2, -0.15) is 4.98 Å². The molecular formula is C12H10N6O. The Morgan fingerprint density at radius 1 is 1.00 bits per heavy atom. The topological polar surface area (TPSA) is 91.7 Å². The highest BCUT2D eigenvalue weighted by molar-refractivity contribution is 5.30. The molecule has 0 radical (unpaired) electrons. The second-order valence-electron chi connectivity index (χ2n) is 3.71. The van der Waals surface area contributed by atoms with Gasteiger partial charge in [-0.05, 0) is 18.2 Å². The number of ether oxygens (including phenoxy) is 1. The Hall–Kier alpha value is -2.96. The van der Waals surface area contributed by atoms with Crippen LogP contribution in [-0.4, -0.2) is 25.0 Å². The fraction of sp³-hybridized carbons (Fsp3) is 0. The summed E-state index contributed by atoms with van der Waals surface area (Å²) in [5.74, 6) is 0.620. The summed E-state index contributed by atoms with van der Waals surface area (Å²) in [5.41, 5.74) is 6.33. The van der Waals surface area contributed by atoms with Crippen molar-refractivity contribution in [2.45, 2.75) is 0 Å². The van der Waals surface area contributed by atoms with Crippen molar-refractivity contribution in [1.29, 1.82) is 0 Å². The standard InChI is InChI=1S/C12H10N6O/c13-10-6-7-11(16-15-10)19-12-14-8-18(17-12)9-4-2-1-3-5-9/h1-8H,(H2,13,15). The van der Waals surface area contributed by atoms with Crippen LogP contribution in [0.25, 0.3) is 5.69 Å². The highest BCUT2D eigenvalue weighted by Crippen LogP contribution is 2.15. The third kappa shape index (κ3) is 2.49. The number of para-hydroxylation sites is 1. The van der Waals surface area contributed by atoms with Crippen molar-refractivity contribution < 1.29 is 4.74 Å². The van der Waals surface area contributed by atoms with E-state index in [1.165, 1.54) is 0 Å². The zero-order valence-electron chi connectivity index (χ0n) is 9.84. The largest absolute Gasteiger partial charge is 0.402 e. The molecule has 0 spiro atoms. The Morgan fingerprint density at radius 3 is 2.58 bits per heavy atom. The zero-order valence-corrected chi connectivity index (χ0v) is 9.84. The van der Waals surface area contributed by atoms with Gasteiger partial charge in [-0.3, -0.25) is 0 Å². The first-order chi connectivity index (χ1) is 9.31. The van der Waals surface area contributed by atoms with Gasteiger partial charge in [-0.1, -0.05) is 18.2 Å². The van der Waals surface area contributed by atoms with E-state index in [-0.39, 0.29) is 6.01 Å². The predicted octanol–water partition coefficient (Wildman–Crippen LogP) is 1.43. The molecule has 0 fully saturated rings.